The highest BCUT2D eigenvalue weighted by Crippen LogP contribution is 2.46. The van der Waals surface area contributed by atoms with E-state index in [-0.39, 0.29) is 12.1 Å². The minimum atomic E-state index is -0.309. The molecule has 2 saturated carbocycles. The van der Waals surface area contributed by atoms with Crippen molar-refractivity contribution in [2.45, 2.75) is 70.1 Å². The van der Waals surface area contributed by atoms with Crippen LogP contribution in [-0.2, 0) is 16.1 Å². The van der Waals surface area contributed by atoms with E-state index in [1.54, 1.807) is 6.07 Å². The fourth-order valence-electron chi connectivity index (χ4n) is 5.40. The van der Waals surface area contributed by atoms with E-state index < -0.39 is 0 Å². The molecule has 0 atom stereocenters. The van der Waals surface area contributed by atoms with Gasteiger partial charge in [0.1, 0.15) is 11.5 Å². The SMILES string of the molecule is CCOC(=O)c1ccc2ncn(C3CCC(OCc4c(-c5c(Cl)cccc5Cl)noc4C4CC4)CC3)c2c1. The summed E-state index contributed by atoms with van der Waals surface area (Å²) in [5.74, 6) is 0.976. The number of carbonyl (C=O) groups excluding carboxylic acids is 1. The van der Waals surface area contributed by atoms with Gasteiger partial charge in [-0.15, -0.1) is 0 Å². The van der Waals surface area contributed by atoms with Gasteiger partial charge in [0, 0.05) is 23.1 Å². The number of halogens is 2. The second-order valence-electron chi connectivity index (χ2n) is 10.1. The molecule has 0 saturated heterocycles. The molecule has 0 aliphatic heterocycles. The summed E-state index contributed by atoms with van der Waals surface area (Å²) < 4.78 is 19.6. The molecule has 2 aromatic heterocycles. The van der Waals surface area contributed by atoms with Crippen molar-refractivity contribution >= 4 is 40.2 Å². The van der Waals surface area contributed by atoms with E-state index in [1.165, 1.54) is 0 Å². The van der Waals surface area contributed by atoms with Gasteiger partial charge in [0.2, 0.25) is 0 Å². The Morgan fingerprint density at radius 2 is 1.84 bits per heavy atom. The van der Waals surface area contributed by atoms with Crippen molar-refractivity contribution in [2.75, 3.05) is 6.61 Å². The molecule has 0 spiro atoms. The molecule has 38 heavy (non-hydrogen) atoms. The van der Waals surface area contributed by atoms with E-state index in [0.29, 0.717) is 52.0 Å². The van der Waals surface area contributed by atoms with Gasteiger partial charge in [-0.2, -0.15) is 0 Å². The zero-order chi connectivity index (χ0) is 26.2. The molecule has 0 radical (unpaired) electrons. The third-order valence-corrected chi connectivity index (χ3v) is 8.18. The Morgan fingerprint density at radius 3 is 2.55 bits per heavy atom. The lowest BCUT2D eigenvalue weighted by Crippen LogP contribution is -2.23. The van der Waals surface area contributed by atoms with Gasteiger partial charge in [0.25, 0.3) is 0 Å². The van der Waals surface area contributed by atoms with Crippen molar-refractivity contribution in [3.63, 3.8) is 0 Å². The van der Waals surface area contributed by atoms with E-state index in [9.17, 15) is 4.79 Å². The number of hydrogen-bond acceptors (Lipinski definition) is 6. The molecule has 2 aromatic carbocycles. The zero-order valence-corrected chi connectivity index (χ0v) is 22.7. The highest BCUT2D eigenvalue weighted by Gasteiger charge is 2.34. The smallest absolute Gasteiger partial charge is 0.338 e. The van der Waals surface area contributed by atoms with E-state index >= 15 is 0 Å². The maximum Gasteiger partial charge on any atom is 0.338 e. The molecule has 6 rings (SSSR count). The summed E-state index contributed by atoms with van der Waals surface area (Å²) in [5.41, 5.74) is 4.72. The van der Waals surface area contributed by atoms with Gasteiger partial charge in [-0.25, -0.2) is 9.78 Å². The maximum atomic E-state index is 12.2. The van der Waals surface area contributed by atoms with Crippen LogP contribution in [0.4, 0.5) is 0 Å². The van der Waals surface area contributed by atoms with Crippen LogP contribution in [0.2, 0.25) is 10.0 Å². The van der Waals surface area contributed by atoms with E-state index in [2.05, 4.69) is 14.7 Å². The number of nitrogens with zero attached hydrogens (tertiary/aromatic N) is 3. The standard InChI is InChI=1S/C29H29Cl2N3O4/c1-2-36-29(35)18-8-13-24-25(14-18)34(16-32-24)19-9-11-20(12-10-19)37-15-21-27(33-38-28(21)17-6-7-17)26-22(30)4-3-5-23(26)31/h3-5,8,13-14,16-17,19-20H,2,6-7,9-12,15H2,1H3. The molecule has 198 valence electrons. The Kier molecular flexibility index (Phi) is 7.16. The van der Waals surface area contributed by atoms with Crippen molar-refractivity contribution in [3.05, 3.63) is 69.7 Å². The zero-order valence-electron chi connectivity index (χ0n) is 21.2. The summed E-state index contributed by atoms with van der Waals surface area (Å²) in [6.45, 7) is 2.58. The molecule has 2 aliphatic carbocycles. The first kappa shape index (κ1) is 25.4. The van der Waals surface area contributed by atoms with Crippen molar-refractivity contribution in [1.29, 1.82) is 0 Å². The van der Waals surface area contributed by atoms with E-state index in [0.717, 1.165) is 60.9 Å². The van der Waals surface area contributed by atoms with Crippen molar-refractivity contribution in [3.8, 4) is 11.3 Å². The van der Waals surface area contributed by atoms with Crippen molar-refractivity contribution in [1.82, 2.24) is 14.7 Å². The Hall–Kier alpha value is -2.87. The molecule has 9 heteroatoms. The molecule has 7 nitrogen and oxygen atoms in total. The normalized spacial score (nSPS) is 19.7. The quantitative estimate of drug-likeness (QED) is 0.207. The summed E-state index contributed by atoms with van der Waals surface area (Å²) in [4.78, 5) is 16.8. The summed E-state index contributed by atoms with van der Waals surface area (Å²) in [6, 6.07) is 11.3. The minimum absolute atomic E-state index is 0.132. The van der Waals surface area contributed by atoms with Crippen LogP contribution < -0.4 is 0 Å². The molecule has 2 fully saturated rings. The highest BCUT2D eigenvalue weighted by molar-refractivity contribution is 6.39. The number of fused-ring (bicyclic) bond motifs is 1. The van der Waals surface area contributed by atoms with Crippen LogP contribution in [0.25, 0.3) is 22.3 Å². The van der Waals surface area contributed by atoms with Gasteiger partial charge in [-0.1, -0.05) is 34.4 Å². The predicted molar refractivity (Wildman–Crippen MR) is 146 cm³/mol. The summed E-state index contributed by atoms with van der Waals surface area (Å²) in [7, 11) is 0. The van der Waals surface area contributed by atoms with Gasteiger partial charge < -0.3 is 18.6 Å². The van der Waals surface area contributed by atoms with Crippen LogP contribution in [0.15, 0.2) is 47.2 Å². The molecule has 0 N–H and O–H groups in total. The average Bonchev–Trinajstić information content (AvgIpc) is 3.55. The molecule has 4 aromatic rings. The fourth-order valence-corrected chi connectivity index (χ4v) is 5.97. The number of benzene rings is 2. The van der Waals surface area contributed by atoms with Crippen LogP contribution in [0.5, 0.6) is 0 Å². The summed E-state index contributed by atoms with van der Waals surface area (Å²) in [6.07, 6.45) is 7.98. The van der Waals surface area contributed by atoms with E-state index in [1.807, 2.05) is 43.6 Å². The minimum Gasteiger partial charge on any atom is -0.462 e. The third kappa shape index (κ3) is 4.95. The average molecular weight is 554 g/mol. The second-order valence-corrected chi connectivity index (χ2v) is 10.9. The molecule has 0 amide bonds. The Bertz CT molecular complexity index is 1450. The first-order valence-electron chi connectivity index (χ1n) is 13.2. The van der Waals surface area contributed by atoms with Gasteiger partial charge in [-0.05, 0) is 75.8 Å². The number of hydrogen-bond donors (Lipinski definition) is 0. The van der Waals surface area contributed by atoms with Crippen LogP contribution in [0, 0.1) is 0 Å². The van der Waals surface area contributed by atoms with Crippen LogP contribution in [0.1, 0.15) is 79.1 Å². The second kappa shape index (κ2) is 10.7. The molecule has 0 bridgehead atoms. The number of esters is 1. The lowest BCUT2D eigenvalue weighted by atomic mass is 9.92. The highest BCUT2D eigenvalue weighted by atomic mass is 35.5. The monoisotopic (exact) mass is 553 g/mol. The molecule has 2 aliphatic rings. The number of aromatic nitrogens is 3. The molecular formula is C29H29Cl2N3O4. The third-order valence-electron chi connectivity index (χ3n) is 7.55. The number of rotatable bonds is 8. The van der Waals surface area contributed by atoms with Crippen LogP contribution in [-0.4, -0.2) is 33.4 Å². The number of imidazole rings is 1. The van der Waals surface area contributed by atoms with E-state index in [4.69, 9.17) is 37.2 Å². The van der Waals surface area contributed by atoms with Gasteiger partial charge in [0.05, 0.1) is 52.3 Å². The largest absolute Gasteiger partial charge is 0.462 e. The molecule has 0 unspecified atom stereocenters. The lowest BCUT2D eigenvalue weighted by Gasteiger charge is -2.30. The van der Waals surface area contributed by atoms with Crippen LogP contribution in [0.3, 0.4) is 0 Å². The Balaban J connectivity index is 1.15. The predicted octanol–water partition coefficient (Wildman–Crippen LogP) is 7.75. The summed E-state index contributed by atoms with van der Waals surface area (Å²) in [5, 5.41) is 5.47. The first-order chi connectivity index (χ1) is 18.5. The Labute approximate surface area is 231 Å². The molecule has 2 heterocycles. The Morgan fingerprint density at radius 1 is 1.08 bits per heavy atom. The lowest BCUT2D eigenvalue weighted by molar-refractivity contribution is 0.00831. The number of ether oxygens (including phenoxy) is 2. The summed E-state index contributed by atoms with van der Waals surface area (Å²) >= 11 is 13.0. The van der Waals surface area contributed by atoms with Gasteiger partial charge in [0.15, 0.2) is 0 Å². The van der Waals surface area contributed by atoms with Crippen molar-refractivity contribution in [2.24, 2.45) is 0 Å². The van der Waals surface area contributed by atoms with Crippen LogP contribution >= 0.6 is 23.2 Å². The topological polar surface area (TPSA) is 79.4 Å². The molecular weight excluding hydrogens is 525 g/mol. The number of carbonyl (C=O) groups is 1. The maximum absolute atomic E-state index is 12.2. The van der Waals surface area contributed by atoms with Gasteiger partial charge in [-0.3, -0.25) is 0 Å². The van der Waals surface area contributed by atoms with Gasteiger partial charge >= 0.3 is 5.97 Å². The van der Waals surface area contributed by atoms with Crippen molar-refractivity contribution < 1.29 is 18.8 Å². The first-order valence-corrected chi connectivity index (χ1v) is 14.0. The fraction of sp³-hybridized carbons (Fsp3) is 0.414.